The number of imidazole rings is 1. The first-order chi connectivity index (χ1) is 12.7. The van der Waals surface area contributed by atoms with E-state index in [2.05, 4.69) is 33.4 Å². The average Bonchev–Trinajstić information content (AvgIpc) is 3.27. The Bertz CT molecular complexity index is 809. The Balaban J connectivity index is 1.69. The van der Waals surface area contributed by atoms with Gasteiger partial charge in [-0.3, -0.25) is 9.58 Å². The summed E-state index contributed by atoms with van der Waals surface area (Å²) < 4.78 is 18.2. The molecule has 3 rings (SSSR count). The number of hydrogen-bond acceptors (Lipinski definition) is 3. The largest absolute Gasteiger partial charge is 0.337 e. The van der Waals surface area contributed by atoms with Crippen LogP contribution in [-0.4, -0.2) is 30.8 Å². The molecule has 0 saturated carbocycles. The molecular formula is C20H26FN5. The Hall–Kier alpha value is -2.47. The molecule has 0 radical (unpaired) electrons. The van der Waals surface area contributed by atoms with E-state index < -0.39 is 0 Å². The normalized spacial score (nSPS) is 11.4. The smallest absolute Gasteiger partial charge is 0.127 e. The van der Waals surface area contributed by atoms with Crippen LogP contribution in [0, 0.1) is 12.7 Å². The summed E-state index contributed by atoms with van der Waals surface area (Å²) >= 11 is 0. The lowest BCUT2D eigenvalue weighted by atomic mass is 10.1. The van der Waals surface area contributed by atoms with Gasteiger partial charge in [-0.25, -0.2) is 9.37 Å². The Morgan fingerprint density at radius 2 is 1.96 bits per heavy atom. The lowest BCUT2D eigenvalue weighted by Gasteiger charge is -2.23. The maximum Gasteiger partial charge on any atom is 0.127 e. The van der Waals surface area contributed by atoms with Crippen molar-refractivity contribution in [1.82, 2.24) is 24.2 Å². The molecule has 0 bridgehead atoms. The van der Waals surface area contributed by atoms with Gasteiger partial charge in [-0.05, 0) is 26.3 Å². The topological polar surface area (TPSA) is 38.9 Å². The quantitative estimate of drug-likeness (QED) is 0.588. The van der Waals surface area contributed by atoms with E-state index in [1.165, 1.54) is 17.3 Å². The number of benzene rings is 1. The number of aryl methyl sites for hydroxylation is 2. The van der Waals surface area contributed by atoms with E-state index in [1.807, 2.05) is 35.5 Å². The highest BCUT2D eigenvalue weighted by Gasteiger charge is 2.13. The third-order valence-corrected chi connectivity index (χ3v) is 4.70. The van der Waals surface area contributed by atoms with E-state index in [0.717, 1.165) is 38.2 Å². The van der Waals surface area contributed by atoms with Crippen molar-refractivity contribution in [1.29, 1.82) is 0 Å². The molecule has 0 aliphatic heterocycles. The summed E-state index contributed by atoms with van der Waals surface area (Å²) in [6, 6.07) is 7.01. The predicted molar refractivity (Wildman–Crippen MR) is 100.0 cm³/mol. The second-order valence-electron chi connectivity index (χ2n) is 6.53. The molecule has 0 amide bonds. The number of nitrogens with zero attached hydrogens (tertiary/aromatic N) is 5. The Kier molecular flexibility index (Phi) is 6.17. The van der Waals surface area contributed by atoms with Crippen LogP contribution in [0.25, 0.3) is 0 Å². The molecule has 2 aromatic heterocycles. The fourth-order valence-corrected chi connectivity index (χ4v) is 3.18. The summed E-state index contributed by atoms with van der Waals surface area (Å²) in [5.41, 5.74) is 3.11. The van der Waals surface area contributed by atoms with Crippen LogP contribution in [0.15, 0.2) is 49.2 Å². The Morgan fingerprint density at radius 1 is 1.15 bits per heavy atom. The molecule has 0 atom stereocenters. The van der Waals surface area contributed by atoms with Gasteiger partial charge in [0.05, 0.1) is 12.5 Å². The average molecular weight is 355 g/mol. The second-order valence-corrected chi connectivity index (χ2v) is 6.53. The molecule has 2 heterocycles. The van der Waals surface area contributed by atoms with Crippen LogP contribution in [-0.2, 0) is 26.2 Å². The van der Waals surface area contributed by atoms with Gasteiger partial charge >= 0.3 is 0 Å². The minimum Gasteiger partial charge on any atom is -0.337 e. The first-order valence-corrected chi connectivity index (χ1v) is 9.10. The summed E-state index contributed by atoms with van der Waals surface area (Å²) in [6.45, 7) is 8.19. The standard InChI is InChI=1S/C20H26FN5/c1-3-26-17(2)19(13-23-26)15-25(11-6-10-24-12-9-22-16-24)14-18-7-4-5-8-20(18)21/h4-5,7-9,12-13,16H,3,6,10-11,14-15H2,1-2H3. The van der Waals surface area contributed by atoms with E-state index >= 15 is 0 Å². The highest BCUT2D eigenvalue weighted by Crippen LogP contribution is 2.16. The first kappa shape index (κ1) is 18.3. The minimum atomic E-state index is -0.145. The van der Waals surface area contributed by atoms with Crippen LogP contribution in [0.4, 0.5) is 4.39 Å². The molecule has 5 nitrogen and oxygen atoms in total. The third kappa shape index (κ3) is 4.58. The Labute approximate surface area is 154 Å². The summed E-state index contributed by atoms with van der Waals surface area (Å²) in [7, 11) is 0. The zero-order chi connectivity index (χ0) is 18.4. The van der Waals surface area contributed by atoms with Crippen molar-refractivity contribution in [2.45, 2.75) is 46.4 Å². The summed E-state index contributed by atoms with van der Waals surface area (Å²) in [5, 5.41) is 4.44. The van der Waals surface area contributed by atoms with E-state index in [0.29, 0.717) is 6.54 Å². The first-order valence-electron chi connectivity index (χ1n) is 9.10. The van der Waals surface area contributed by atoms with Crippen LogP contribution < -0.4 is 0 Å². The summed E-state index contributed by atoms with van der Waals surface area (Å²) in [6.07, 6.45) is 8.50. The summed E-state index contributed by atoms with van der Waals surface area (Å²) in [4.78, 5) is 6.37. The highest BCUT2D eigenvalue weighted by atomic mass is 19.1. The molecule has 0 unspecified atom stereocenters. The maximum atomic E-state index is 14.1. The molecule has 3 aromatic rings. The van der Waals surface area contributed by atoms with Crippen molar-refractivity contribution in [3.05, 3.63) is 71.8 Å². The Morgan fingerprint density at radius 3 is 2.65 bits per heavy atom. The molecule has 1 aromatic carbocycles. The van der Waals surface area contributed by atoms with Crippen LogP contribution in [0.3, 0.4) is 0 Å². The molecule has 0 aliphatic carbocycles. The molecule has 26 heavy (non-hydrogen) atoms. The zero-order valence-electron chi connectivity index (χ0n) is 15.5. The fourth-order valence-electron chi connectivity index (χ4n) is 3.18. The molecule has 0 saturated heterocycles. The maximum absolute atomic E-state index is 14.1. The van der Waals surface area contributed by atoms with E-state index in [4.69, 9.17) is 0 Å². The summed E-state index contributed by atoms with van der Waals surface area (Å²) in [5.74, 6) is -0.145. The SMILES string of the molecule is CCn1ncc(CN(CCCn2ccnc2)Cc2ccccc2F)c1C. The van der Waals surface area contributed by atoms with Crippen molar-refractivity contribution in [2.24, 2.45) is 0 Å². The molecule has 0 spiro atoms. The van der Waals surface area contributed by atoms with Gasteiger partial charge in [-0.1, -0.05) is 18.2 Å². The third-order valence-electron chi connectivity index (χ3n) is 4.70. The monoisotopic (exact) mass is 355 g/mol. The predicted octanol–water partition coefficient (Wildman–Crippen LogP) is 3.64. The molecule has 138 valence electrons. The minimum absolute atomic E-state index is 0.145. The van der Waals surface area contributed by atoms with Crippen molar-refractivity contribution in [3.63, 3.8) is 0 Å². The van der Waals surface area contributed by atoms with Crippen molar-refractivity contribution in [3.8, 4) is 0 Å². The van der Waals surface area contributed by atoms with Gasteiger partial charge in [0.25, 0.3) is 0 Å². The number of halogens is 1. The van der Waals surface area contributed by atoms with Gasteiger partial charge in [0.15, 0.2) is 0 Å². The molecule has 0 fully saturated rings. The van der Waals surface area contributed by atoms with Crippen LogP contribution >= 0.6 is 0 Å². The van der Waals surface area contributed by atoms with Crippen LogP contribution in [0.2, 0.25) is 0 Å². The fraction of sp³-hybridized carbons (Fsp3) is 0.400. The van der Waals surface area contributed by atoms with Crippen LogP contribution in [0.1, 0.15) is 30.2 Å². The molecular weight excluding hydrogens is 329 g/mol. The van der Waals surface area contributed by atoms with Crippen molar-refractivity contribution in [2.75, 3.05) is 6.54 Å². The lowest BCUT2D eigenvalue weighted by molar-refractivity contribution is 0.244. The number of rotatable bonds is 9. The van der Waals surface area contributed by atoms with Gasteiger partial charge in [0, 0.05) is 61.9 Å². The van der Waals surface area contributed by atoms with Gasteiger partial charge in [0.2, 0.25) is 0 Å². The zero-order valence-corrected chi connectivity index (χ0v) is 15.5. The van der Waals surface area contributed by atoms with Gasteiger partial charge in [0.1, 0.15) is 5.82 Å². The van der Waals surface area contributed by atoms with Gasteiger partial charge < -0.3 is 4.57 Å². The molecule has 0 N–H and O–H groups in total. The van der Waals surface area contributed by atoms with Gasteiger partial charge in [-0.15, -0.1) is 0 Å². The van der Waals surface area contributed by atoms with Crippen molar-refractivity contribution < 1.29 is 4.39 Å². The van der Waals surface area contributed by atoms with E-state index in [1.54, 1.807) is 12.3 Å². The molecule has 6 heteroatoms. The second kappa shape index (κ2) is 8.76. The highest BCUT2D eigenvalue weighted by molar-refractivity contribution is 5.19. The van der Waals surface area contributed by atoms with Gasteiger partial charge in [-0.2, -0.15) is 5.10 Å². The number of hydrogen-bond donors (Lipinski definition) is 0. The number of aromatic nitrogens is 4. The lowest BCUT2D eigenvalue weighted by Crippen LogP contribution is -2.25. The van der Waals surface area contributed by atoms with E-state index in [9.17, 15) is 4.39 Å². The van der Waals surface area contributed by atoms with E-state index in [-0.39, 0.29) is 5.82 Å². The molecule has 0 aliphatic rings. The van der Waals surface area contributed by atoms with Crippen LogP contribution in [0.5, 0.6) is 0 Å². The van der Waals surface area contributed by atoms with Crippen molar-refractivity contribution >= 4 is 0 Å².